The van der Waals surface area contributed by atoms with Crippen LogP contribution >= 0.6 is 0 Å². The summed E-state index contributed by atoms with van der Waals surface area (Å²) in [5, 5.41) is 3.48. The second-order valence-electron chi connectivity index (χ2n) is 7.46. The number of rotatable bonds is 7. The molecule has 1 aromatic heterocycles. The van der Waals surface area contributed by atoms with E-state index in [1.807, 2.05) is 12.3 Å². The Kier molecular flexibility index (Phi) is 6.72. The summed E-state index contributed by atoms with van der Waals surface area (Å²) in [6, 6.07) is 7.53. The number of piperazine rings is 1. The zero-order valence-corrected chi connectivity index (χ0v) is 16.6. The van der Waals surface area contributed by atoms with E-state index in [4.69, 9.17) is 4.99 Å². The number of nitrogens with zero attached hydrogens (tertiary/aromatic N) is 5. The minimum Gasteiger partial charge on any atom is -0.357 e. The molecular weight excluding hydrogens is 324 g/mol. The van der Waals surface area contributed by atoms with Crippen LogP contribution in [-0.4, -0.2) is 78.6 Å². The topological polar surface area (TPSA) is 47.0 Å². The van der Waals surface area contributed by atoms with Crippen LogP contribution in [0.1, 0.15) is 33.6 Å². The number of guanidine groups is 1. The van der Waals surface area contributed by atoms with Crippen LogP contribution in [0.4, 0.5) is 5.82 Å². The van der Waals surface area contributed by atoms with E-state index in [1.54, 1.807) is 0 Å². The predicted octanol–water partition coefficient (Wildman–Crippen LogP) is 2.04. The van der Waals surface area contributed by atoms with Crippen LogP contribution in [0.2, 0.25) is 0 Å². The Morgan fingerprint density at radius 3 is 2.62 bits per heavy atom. The Labute approximate surface area is 158 Å². The number of aliphatic imine (C=N–C) groups is 1. The van der Waals surface area contributed by atoms with E-state index in [0.717, 1.165) is 63.6 Å². The lowest BCUT2D eigenvalue weighted by molar-refractivity contribution is 0.217. The van der Waals surface area contributed by atoms with E-state index in [-0.39, 0.29) is 0 Å². The average molecular weight is 359 g/mol. The third-order valence-electron chi connectivity index (χ3n) is 5.19. The molecule has 0 amide bonds. The molecule has 1 aliphatic heterocycles. The van der Waals surface area contributed by atoms with Crippen molar-refractivity contribution in [2.75, 3.05) is 50.7 Å². The highest BCUT2D eigenvalue weighted by Crippen LogP contribution is 2.28. The predicted molar refractivity (Wildman–Crippen MR) is 109 cm³/mol. The van der Waals surface area contributed by atoms with Gasteiger partial charge in [0.1, 0.15) is 5.82 Å². The van der Waals surface area contributed by atoms with E-state index in [2.05, 4.69) is 57.9 Å². The fourth-order valence-electron chi connectivity index (χ4n) is 3.65. The molecule has 26 heavy (non-hydrogen) atoms. The first kappa shape index (κ1) is 19.0. The molecule has 0 spiro atoms. The summed E-state index contributed by atoms with van der Waals surface area (Å²) in [7, 11) is 0. The molecule has 0 aromatic carbocycles. The van der Waals surface area contributed by atoms with Gasteiger partial charge in [0, 0.05) is 57.5 Å². The molecular formula is C20H34N6. The lowest BCUT2D eigenvalue weighted by Gasteiger charge is -2.37. The first-order chi connectivity index (χ1) is 12.7. The minimum absolute atomic E-state index is 0.613. The second kappa shape index (κ2) is 9.21. The molecule has 1 saturated heterocycles. The lowest BCUT2D eigenvalue weighted by atomic mass is 10.3. The van der Waals surface area contributed by atoms with Crippen LogP contribution < -0.4 is 10.2 Å². The van der Waals surface area contributed by atoms with Crippen molar-refractivity contribution in [2.24, 2.45) is 4.99 Å². The SMILES string of the molecule is CCNC(=NCCN(C(C)C)C1CC1)N1CCN(c2ccccn2)CC1. The van der Waals surface area contributed by atoms with Crippen molar-refractivity contribution in [2.45, 2.75) is 45.7 Å². The molecule has 0 bridgehead atoms. The van der Waals surface area contributed by atoms with Crippen molar-refractivity contribution in [1.82, 2.24) is 20.1 Å². The molecule has 0 radical (unpaired) electrons. The maximum absolute atomic E-state index is 4.92. The van der Waals surface area contributed by atoms with Gasteiger partial charge < -0.3 is 15.1 Å². The molecule has 0 atom stereocenters. The van der Waals surface area contributed by atoms with Crippen LogP contribution in [0.3, 0.4) is 0 Å². The molecule has 2 heterocycles. The fraction of sp³-hybridized carbons (Fsp3) is 0.700. The summed E-state index contributed by atoms with van der Waals surface area (Å²) >= 11 is 0. The van der Waals surface area contributed by atoms with E-state index in [0.29, 0.717) is 6.04 Å². The Hall–Kier alpha value is -1.82. The van der Waals surface area contributed by atoms with Gasteiger partial charge in [-0.15, -0.1) is 0 Å². The van der Waals surface area contributed by atoms with Gasteiger partial charge in [0.2, 0.25) is 0 Å². The van der Waals surface area contributed by atoms with Crippen molar-refractivity contribution < 1.29 is 0 Å². The molecule has 3 rings (SSSR count). The van der Waals surface area contributed by atoms with Crippen LogP contribution in [0.5, 0.6) is 0 Å². The summed E-state index contributed by atoms with van der Waals surface area (Å²) in [5.41, 5.74) is 0. The zero-order valence-electron chi connectivity index (χ0n) is 16.6. The molecule has 2 aliphatic rings. The van der Waals surface area contributed by atoms with E-state index in [9.17, 15) is 0 Å². The second-order valence-corrected chi connectivity index (χ2v) is 7.46. The summed E-state index contributed by atoms with van der Waals surface area (Å²) in [6.45, 7) is 13.5. The molecule has 1 aromatic rings. The number of hydrogen-bond acceptors (Lipinski definition) is 4. The first-order valence-corrected chi connectivity index (χ1v) is 10.1. The summed E-state index contributed by atoms with van der Waals surface area (Å²) in [5.74, 6) is 2.14. The monoisotopic (exact) mass is 358 g/mol. The van der Waals surface area contributed by atoms with Crippen molar-refractivity contribution >= 4 is 11.8 Å². The van der Waals surface area contributed by atoms with Crippen LogP contribution in [-0.2, 0) is 0 Å². The van der Waals surface area contributed by atoms with Gasteiger partial charge in [0.25, 0.3) is 0 Å². The van der Waals surface area contributed by atoms with Crippen LogP contribution in [0.25, 0.3) is 0 Å². The molecule has 1 aliphatic carbocycles. The van der Waals surface area contributed by atoms with Crippen molar-refractivity contribution in [3.63, 3.8) is 0 Å². The standard InChI is InChI=1S/C20H34N6/c1-4-21-20(23-11-12-26(17(2)3)18-8-9-18)25-15-13-24(14-16-25)19-7-5-6-10-22-19/h5-7,10,17-18H,4,8-9,11-16H2,1-3H3,(H,21,23). The lowest BCUT2D eigenvalue weighted by Crippen LogP contribution is -2.53. The van der Waals surface area contributed by atoms with Crippen molar-refractivity contribution in [1.29, 1.82) is 0 Å². The molecule has 0 unspecified atom stereocenters. The number of anilines is 1. The molecule has 6 heteroatoms. The number of aromatic nitrogens is 1. The first-order valence-electron chi connectivity index (χ1n) is 10.1. The third kappa shape index (κ3) is 5.10. The molecule has 1 N–H and O–H groups in total. The average Bonchev–Trinajstić information content (AvgIpc) is 3.50. The van der Waals surface area contributed by atoms with E-state index < -0.39 is 0 Å². The van der Waals surface area contributed by atoms with Crippen molar-refractivity contribution in [3.8, 4) is 0 Å². The van der Waals surface area contributed by atoms with Crippen LogP contribution in [0, 0.1) is 0 Å². The fourth-order valence-corrected chi connectivity index (χ4v) is 3.65. The van der Waals surface area contributed by atoms with Gasteiger partial charge in [-0.3, -0.25) is 9.89 Å². The summed E-state index contributed by atoms with van der Waals surface area (Å²) in [6.07, 6.45) is 4.59. The number of nitrogens with one attached hydrogen (secondary N) is 1. The van der Waals surface area contributed by atoms with Gasteiger partial charge in [0.05, 0.1) is 6.54 Å². The minimum atomic E-state index is 0.613. The van der Waals surface area contributed by atoms with Gasteiger partial charge in [-0.2, -0.15) is 0 Å². The summed E-state index contributed by atoms with van der Waals surface area (Å²) in [4.78, 5) is 16.7. The van der Waals surface area contributed by atoms with Gasteiger partial charge in [-0.05, 0) is 45.7 Å². The van der Waals surface area contributed by atoms with Gasteiger partial charge in [-0.1, -0.05) is 6.07 Å². The summed E-state index contributed by atoms with van der Waals surface area (Å²) < 4.78 is 0. The largest absolute Gasteiger partial charge is 0.357 e. The third-order valence-corrected chi connectivity index (χ3v) is 5.19. The molecule has 6 nitrogen and oxygen atoms in total. The Bertz CT molecular complexity index is 559. The number of pyridine rings is 1. The smallest absolute Gasteiger partial charge is 0.194 e. The van der Waals surface area contributed by atoms with Gasteiger partial charge >= 0.3 is 0 Å². The van der Waals surface area contributed by atoms with Gasteiger partial charge in [0.15, 0.2) is 5.96 Å². The molecule has 1 saturated carbocycles. The Morgan fingerprint density at radius 1 is 1.27 bits per heavy atom. The van der Waals surface area contributed by atoms with Crippen LogP contribution in [0.15, 0.2) is 29.4 Å². The maximum Gasteiger partial charge on any atom is 0.194 e. The normalized spacial score (nSPS) is 18.7. The maximum atomic E-state index is 4.92. The molecule has 144 valence electrons. The van der Waals surface area contributed by atoms with E-state index >= 15 is 0 Å². The highest BCUT2D eigenvalue weighted by molar-refractivity contribution is 5.80. The quantitative estimate of drug-likeness (QED) is 0.597. The van der Waals surface area contributed by atoms with E-state index in [1.165, 1.54) is 12.8 Å². The zero-order chi connectivity index (χ0) is 18.4. The number of hydrogen-bond donors (Lipinski definition) is 1. The highest BCUT2D eigenvalue weighted by atomic mass is 15.4. The highest BCUT2D eigenvalue weighted by Gasteiger charge is 2.30. The van der Waals surface area contributed by atoms with Crippen molar-refractivity contribution in [3.05, 3.63) is 24.4 Å². The molecule has 2 fully saturated rings. The van der Waals surface area contributed by atoms with Gasteiger partial charge in [-0.25, -0.2) is 4.98 Å². The Morgan fingerprint density at radius 2 is 2.04 bits per heavy atom. The Balaban J connectivity index is 1.52.